The first-order valence-corrected chi connectivity index (χ1v) is 12.1. The lowest BCUT2D eigenvalue weighted by Crippen LogP contribution is -2.63. The minimum Gasteiger partial charge on any atom is -0.404 e. The second-order valence-electron chi connectivity index (χ2n) is 11.2. The third kappa shape index (κ3) is 3.35. The molecule has 0 aromatic carbocycles. The number of nitrogens with two attached hydrogens (primary N) is 1. The van der Waals surface area contributed by atoms with E-state index in [0.29, 0.717) is 17.4 Å². The van der Waals surface area contributed by atoms with Crippen LogP contribution in [0.25, 0.3) is 11.0 Å². The molecule has 3 heterocycles. The van der Waals surface area contributed by atoms with E-state index in [1.807, 2.05) is 19.3 Å². The van der Waals surface area contributed by atoms with Crippen LogP contribution in [0.1, 0.15) is 81.8 Å². The monoisotopic (exact) mass is 431 g/mol. The largest absolute Gasteiger partial charge is 0.404 e. The van der Waals surface area contributed by atoms with Crippen LogP contribution in [0.3, 0.4) is 0 Å². The molecule has 2 aromatic rings. The third-order valence-electron chi connectivity index (χ3n) is 7.94. The molecule has 5 aliphatic rings. The van der Waals surface area contributed by atoms with Crippen molar-refractivity contribution in [2.75, 3.05) is 0 Å². The first kappa shape index (κ1) is 20.3. The van der Waals surface area contributed by atoms with Crippen molar-refractivity contribution < 1.29 is 4.74 Å². The highest BCUT2D eigenvalue weighted by Gasteiger charge is 2.67. The fourth-order valence-electron chi connectivity index (χ4n) is 6.51. The first-order chi connectivity index (χ1) is 15.4. The number of pyridine rings is 1. The van der Waals surface area contributed by atoms with E-state index in [-0.39, 0.29) is 17.6 Å². The lowest BCUT2D eigenvalue weighted by molar-refractivity contribution is -0.127. The smallest absolute Gasteiger partial charge is 0.111 e. The fourth-order valence-corrected chi connectivity index (χ4v) is 6.51. The van der Waals surface area contributed by atoms with E-state index in [4.69, 9.17) is 25.4 Å². The van der Waals surface area contributed by atoms with Crippen molar-refractivity contribution in [2.24, 2.45) is 16.1 Å². The zero-order valence-electron chi connectivity index (χ0n) is 19.3. The lowest BCUT2D eigenvalue weighted by atomic mass is 9.35. The molecule has 2 aromatic heterocycles. The molecule has 6 nitrogen and oxygen atoms in total. The molecule has 2 N–H and O–H groups in total. The molecule has 0 spiro atoms. The van der Waals surface area contributed by atoms with Gasteiger partial charge in [0.25, 0.3) is 0 Å². The average molecular weight is 432 g/mol. The number of hydrogen-bond donors (Lipinski definition) is 1. The lowest BCUT2D eigenvalue weighted by Gasteiger charge is -2.69. The topological polar surface area (TPSA) is 86.3 Å². The Hall–Kier alpha value is -2.34. The van der Waals surface area contributed by atoms with Crippen LogP contribution < -0.4 is 5.73 Å². The van der Waals surface area contributed by atoms with Crippen LogP contribution in [-0.2, 0) is 10.2 Å². The summed E-state index contributed by atoms with van der Waals surface area (Å²) in [5, 5.41) is 0. The maximum Gasteiger partial charge on any atom is 0.111 e. The van der Waals surface area contributed by atoms with Gasteiger partial charge in [-0.25, -0.2) is 4.98 Å². The van der Waals surface area contributed by atoms with Crippen LogP contribution >= 0.6 is 0 Å². The summed E-state index contributed by atoms with van der Waals surface area (Å²) < 4.78 is 6.31. The van der Waals surface area contributed by atoms with Crippen LogP contribution in [0.5, 0.6) is 0 Å². The third-order valence-corrected chi connectivity index (χ3v) is 7.94. The number of hydrogen-bond acceptors (Lipinski definition) is 6. The summed E-state index contributed by atoms with van der Waals surface area (Å²) in [5.74, 6) is 0.307. The number of fused-ring (bicyclic) bond motifs is 1. The molecule has 1 saturated heterocycles. The van der Waals surface area contributed by atoms with E-state index < -0.39 is 0 Å². The van der Waals surface area contributed by atoms with Crippen molar-refractivity contribution in [3.05, 3.63) is 41.1 Å². The SMILES string of the molecule is Cc1cnc2c(C34CC(C)(C3)C4)nc([C@H]3C[C@@H](/C(C=NC4CC4)=C/N)O[C@@H](C)C3)cc2n1. The number of aromatic nitrogens is 3. The minimum absolute atomic E-state index is 0.0466. The van der Waals surface area contributed by atoms with Gasteiger partial charge in [0, 0.05) is 41.2 Å². The van der Waals surface area contributed by atoms with Crippen molar-refractivity contribution in [3.8, 4) is 0 Å². The predicted molar refractivity (Wildman–Crippen MR) is 126 cm³/mol. The minimum atomic E-state index is -0.0466. The number of nitrogens with zero attached hydrogens (tertiary/aromatic N) is 4. The summed E-state index contributed by atoms with van der Waals surface area (Å²) >= 11 is 0. The average Bonchev–Trinajstić information content (AvgIpc) is 3.54. The van der Waals surface area contributed by atoms with Gasteiger partial charge in [0.15, 0.2) is 0 Å². The molecular weight excluding hydrogens is 398 g/mol. The van der Waals surface area contributed by atoms with Crippen LogP contribution in [-0.4, -0.2) is 39.4 Å². The summed E-state index contributed by atoms with van der Waals surface area (Å²) in [6.07, 6.45) is 13.5. The van der Waals surface area contributed by atoms with E-state index in [1.54, 1.807) is 6.20 Å². The Kier molecular flexibility index (Phi) is 4.49. The Morgan fingerprint density at radius 2 is 2.00 bits per heavy atom. The van der Waals surface area contributed by atoms with E-state index in [1.165, 1.54) is 37.8 Å². The summed E-state index contributed by atoms with van der Waals surface area (Å²) in [4.78, 5) is 19.6. The van der Waals surface area contributed by atoms with Crippen molar-refractivity contribution in [1.82, 2.24) is 15.0 Å². The highest BCUT2D eigenvalue weighted by atomic mass is 16.5. The van der Waals surface area contributed by atoms with E-state index >= 15 is 0 Å². The van der Waals surface area contributed by atoms with Gasteiger partial charge in [0.05, 0.1) is 35.2 Å². The van der Waals surface area contributed by atoms with Gasteiger partial charge in [-0.05, 0) is 70.3 Å². The Morgan fingerprint density at radius 1 is 1.22 bits per heavy atom. The molecule has 4 aliphatic carbocycles. The maximum atomic E-state index is 6.31. The molecule has 32 heavy (non-hydrogen) atoms. The summed E-state index contributed by atoms with van der Waals surface area (Å²) in [5.41, 5.74) is 13.0. The molecular formula is C26H33N5O. The number of aliphatic imine (C=N–C) groups is 1. The second kappa shape index (κ2) is 7.08. The van der Waals surface area contributed by atoms with Crippen LogP contribution in [0.4, 0.5) is 0 Å². The number of aryl methyl sites for hydroxylation is 1. The van der Waals surface area contributed by atoms with Gasteiger partial charge in [-0.1, -0.05) is 6.92 Å². The van der Waals surface area contributed by atoms with Crippen LogP contribution in [0.15, 0.2) is 29.0 Å². The summed E-state index contributed by atoms with van der Waals surface area (Å²) in [7, 11) is 0. The van der Waals surface area contributed by atoms with Gasteiger partial charge < -0.3 is 10.5 Å². The van der Waals surface area contributed by atoms with E-state index in [9.17, 15) is 0 Å². The molecule has 6 heteroatoms. The molecule has 7 rings (SSSR count). The molecule has 5 fully saturated rings. The zero-order valence-corrected chi connectivity index (χ0v) is 19.3. The molecule has 4 saturated carbocycles. The van der Waals surface area contributed by atoms with Crippen molar-refractivity contribution in [1.29, 1.82) is 0 Å². The quantitative estimate of drug-likeness (QED) is 0.704. The van der Waals surface area contributed by atoms with Crippen molar-refractivity contribution in [3.63, 3.8) is 0 Å². The van der Waals surface area contributed by atoms with E-state index in [0.717, 1.165) is 40.8 Å². The van der Waals surface area contributed by atoms with Crippen LogP contribution in [0.2, 0.25) is 0 Å². The highest BCUT2D eigenvalue weighted by Crippen LogP contribution is 2.73. The number of ether oxygens (including phenoxy) is 1. The molecule has 0 unspecified atom stereocenters. The van der Waals surface area contributed by atoms with Gasteiger partial charge in [0.2, 0.25) is 0 Å². The maximum absolute atomic E-state index is 6.31. The molecule has 0 radical (unpaired) electrons. The molecule has 0 amide bonds. The van der Waals surface area contributed by atoms with Crippen molar-refractivity contribution in [2.45, 2.75) is 95.3 Å². The van der Waals surface area contributed by atoms with Gasteiger partial charge in [-0.3, -0.25) is 15.0 Å². The summed E-state index contributed by atoms with van der Waals surface area (Å²) in [6.45, 7) is 6.56. The van der Waals surface area contributed by atoms with E-state index in [2.05, 4.69) is 24.9 Å². The predicted octanol–water partition coefficient (Wildman–Crippen LogP) is 4.50. The Morgan fingerprint density at radius 3 is 2.69 bits per heavy atom. The zero-order chi connectivity index (χ0) is 22.1. The van der Waals surface area contributed by atoms with Crippen LogP contribution in [0, 0.1) is 12.3 Å². The van der Waals surface area contributed by atoms with Gasteiger partial charge >= 0.3 is 0 Å². The molecule has 2 bridgehead atoms. The number of rotatable bonds is 5. The second-order valence-corrected chi connectivity index (χ2v) is 11.2. The molecule has 3 atom stereocenters. The standard InChI is InChI=1S/C26H33N5O/c1-15-10-29-23-21(30-15)8-20(31-24(23)26-12-25(3,13-26)14-26)17-6-16(2)32-22(7-17)18(9-27)11-28-19-4-5-19/h8-11,16-17,19,22H,4-7,12-14,27H2,1-3H3/b18-9+,28-11?/t16-,17+,22-,25?,26?/m0/s1. The Balaban J connectivity index is 1.35. The summed E-state index contributed by atoms with van der Waals surface area (Å²) in [6, 6.07) is 2.65. The van der Waals surface area contributed by atoms with Gasteiger partial charge in [-0.2, -0.15) is 0 Å². The normalized spacial score (nSPS) is 36.8. The van der Waals surface area contributed by atoms with Gasteiger partial charge in [0.1, 0.15) is 5.52 Å². The highest BCUT2D eigenvalue weighted by molar-refractivity contribution is 5.80. The fraction of sp³-hybridized carbons (Fsp3) is 0.615. The molecule has 168 valence electrons. The Bertz CT molecular complexity index is 1110. The molecule has 1 aliphatic heterocycles. The first-order valence-electron chi connectivity index (χ1n) is 12.1. The Labute approximate surface area is 189 Å². The van der Waals surface area contributed by atoms with Crippen molar-refractivity contribution >= 4 is 17.2 Å². The van der Waals surface area contributed by atoms with Gasteiger partial charge in [-0.15, -0.1) is 0 Å².